The molecule has 96 valence electrons. The monoisotopic (exact) mass is 256 g/mol. The third kappa shape index (κ3) is 2.16. The minimum absolute atomic E-state index is 0.0332. The molecule has 0 bridgehead atoms. The van der Waals surface area contributed by atoms with Gasteiger partial charge in [0.2, 0.25) is 0 Å². The Labute approximate surface area is 109 Å². The van der Waals surface area contributed by atoms with Gasteiger partial charge in [-0.25, -0.2) is 0 Å². The summed E-state index contributed by atoms with van der Waals surface area (Å²) < 4.78 is 5.02. The number of ether oxygens (including phenoxy) is 1. The molecule has 5 heteroatoms. The highest BCUT2D eigenvalue weighted by molar-refractivity contribution is 5.77. The Balaban J connectivity index is 2.80. The van der Waals surface area contributed by atoms with Crippen molar-refractivity contribution in [2.24, 2.45) is 0 Å². The van der Waals surface area contributed by atoms with Crippen molar-refractivity contribution in [3.05, 3.63) is 45.9 Å². The molecule has 0 aliphatic rings. The van der Waals surface area contributed by atoms with Gasteiger partial charge < -0.3 is 14.8 Å². The third-order valence-corrected chi connectivity index (χ3v) is 2.79. The molecular weight excluding hydrogens is 244 g/mol. The summed E-state index contributed by atoms with van der Waals surface area (Å²) in [5, 5.41) is 19.2. The van der Waals surface area contributed by atoms with E-state index in [1.165, 1.54) is 7.11 Å². The van der Waals surface area contributed by atoms with E-state index >= 15 is 0 Å². The van der Waals surface area contributed by atoms with Gasteiger partial charge in [0.25, 0.3) is 5.56 Å². The van der Waals surface area contributed by atoms with Crippen LogP contribution in [0.1, 0.15) is 11.3 Å². The van der Waals surface area contributed by atoms with E-state index in [-0.39, 0.29) is 11.3 Å². The van der Waals surface area contributed by atoms with E-state index in [4.69, 9.17) is 10.00 Å². The molecule has 0 spiro atoms. The first-order chi connectivity index (χ1) is 9.08. The van der Waals surface area contributed by atoms with Crippen LogP contribution in [0.3, 0.4) is 0 Å². The number of rotatable bonds is 2. The van der Waals surface area contributed by atoms with Crippen molar-refractivity contribution in [3.8, 4) is 28.7 Å². The van der Waals surface area contributed by atoms with Gasteiger partial charge in [-0.3, -0.25) is 4.79 Å². The van der Waals surface area contributed by atoms with Crippen LogP contribution >= 0.6 is 0 Å². The van der Waals surface area contributed by atoms with Crippen LogP contribution in [0.2, 0.25) is 0 Å². The highest BCUT2D eigenvalue weighted by Gasteiger charge is 2.15. The molecule has 2 rings (SSSR count). The van der Waals surface area contributed by atoms with Gasteiger partial charge in [0, 0.05) is 16.8 Å². The van der Waals surface area contributed by atoms with Crippen LogP contribution in [0.5, 0.6) is 11.5 Å². The van der Waals surface area contributed by atoms with E-state index in [0.29, 0.717) is 22.6 Å². The van der Waals surface area contributed by atoms with Crippen LogP contribution in [0.4, 0.5) is 0 Å². The van der Waals surface area contributed by atoms with E-state index < -0.39 is 5.56 Å². The van der Waals surface area contributed by atoms with Crippen molar-refractivity contribution in [1.29, 1.82) is 5.26 Å². The zero-order chi connectivity index (χ0) is 14.0. The fraction of sp³-hybridized carbons (Fsp3) is 0.143. The summed E-state index contributed by atoms with van der Waals surface area (Å²) in [7, 11) is 1.44. The molecule has 2 N–H and O–H groups in total. The molecule has 19 heavy (non-hydrogen) atoms. The number of hydrogen-bond acceptors (Lipinski definition) is 4. The molecule has 0 saturated heterocycles. The standard InChI is InChI=1S/C14H12N2O3/c1-8-6-10(11(7-15)14(18)16-8)9-4-3-5-12(19-2)13(9)17/h3-6,17H,1-2H3,(H,16,18). The van der Waals surface area contributed by atoms with E-state index in [2.05, 4.69) is 4.98 Å². The quantitative estimate of drug-likeness (QED) is 0.859. The number of benzene rings is 1. The number of nitrogens with zero attached hydrogens (tertiary/aromatic N) is 1. The third-order valence-electron chi connectivity index (χ3n) is 2.79. The predicted molar refractivity (Wildman–Crippen MR) is 70.2 cm³/mol. The molecular formula is C14H12N2O3. The van der Waals surface area contributed by atoms with Crippen molar-refractivity contribution in [2.75, 3.05) is 7.11 Å². The van der Waals surface area contributed by atoms with Gasteiger partial charge in [-0.1, -0.05) is 12.1 Å². The number of aromatic amines is 1. The average Bonchev–Trinajstić information content (AvgIpc) is 2.38. The molecule has 5 nitrogen and oxygen atoms in total. The van der Waals surface area contributed by atoms with Crippen LogP contribution in [-0.4, -0.2) is 17.2 Å². The molecule has 0 saturated carbocycles. The lowest BCUT2D eigenvalue weighted by Gasteiger charge is -2.10. The summed E-state index contributed by atoms with van der Waals surface area (Å²) >= 11 is 0. The Morgan fingerprint density at radius 2 is 2.11 bits per heavy atom. The first-order valence-electron chi connectivity index (χ1n) is 5.59. The number of hydrogen-bond donors (Lipinski definition) is 2. The van der Waals surface area contributed by atoms with Crippen LogP contribution in [0.25, 0.3) is 11.1 Å². The minimum Gasteiger partial charge on any atom is -0.504 e. The number of H-pyrrole nitrogens is 1. The van der Waals surface area contributed by atoms with Crippen molar-refractivity contribution >= 4 is 0 Å². The normalized spacial score (nSPS) is 9.95. The number of methoxy groups -OCH3 is 1. The zero-order valence-electron chi connectivity index (χ0n) is 10.5. The Hall–Kier alpha value is -2.74. The van der Waals surface area contributed by atoms with Gasteiger partial charge in [0.1, 0.15) is 11.6 Å². The lowest BCUT2D eigenvalue weighted by Crippen LogP contribution is -2.12. The number of nitrogens with one attached hydrogen (secondary N) is 1. The number of nitriles is 1. The summed E-state index contributed by atoms with van der Waals surface area (Å²) in [6.45, 7) is 1.71. The molecule has 0 fully saturated rings. The Morgan fingerprint density at radius 1 is 1.37 bits per heavy atom. The molecule has 0 radical (unpaired) electrons. The Morgan fingerprint density at radius 3 is 2.74 bits per heavy atom. The molecule has 1 aromatic carbocycles. The highest BCUT2D eigenvalue weighted by atomic mass is 16.5. The second kappa shape index (κ2) is 4.86. The highest BCUT2D eigenvalue weighted by Crippen LogP contribution is 2.37. The molecule has 2 aromatic rings. The Bertz CT molecular complexity index is 726. The lowest BCUT2D eigenvalue weighted by atomic mass is 10.00. The number of phenols is 1. The predicted octanol–water partition coefficient (Wildman–Crippen LogP) is 1.94. The van der Waals surface area contributed by atoms with Gasteiger partial charge in [-0.05, 0) is 19.1 Å². The zero-order valence-corrected chi connectivity index (χ0v) is 10.5. The van der Waals surface area contributed by atoms with Gasteiger partial charge in [0.15, 0.2) is 11.5 Å². The summed E-state index contributed by atoms with van der Waals surface area (Å²) in [6, 6.07) is 8.43. The van der Waals surface area contributed by atoms with E-state index in [0.717, 1.165) is 0 Å². The topological polar surface area (TPSA) is 86.1 Å². The minimum atomic E-state index is -0.472. The number of pyridine rings is 1. The van der Waals surface area contributed by atoms with Crippen molar-refractivity contribution in [1.82, 2.24) is 4.98 Å². The van der Waals surface area contributed by atoms with E-state index in [9.17, 15) is 9.90 Å². The fourth-order valence-electron chi connectivity index (χ4n) is 1.92. The van der Waals surface area contributed by atoms with E-state index in [1.807, 2.05) is 6.07 Å². The molecule has 0 atom stereocenters. The van der Waals surface area contributed by atoms with Gasteiger partial charge in [-0.15, -0.1) is 0 Å². The van der Waals surface area contributed by atoms with Crippen LogP contribution in [-0.2, 0) is 0 Å². The molecule has 0 aliphatic carbocycles. The number of aryl methyl sites for hydroxylation is 1. The number of phenolic OH excluding ortho intramolecular Hbond substituents is 1. The number of aromatic nitrogens is 1. The van der Waals surface area contributed by atoms with Crippen LogP contribution in [0, 0.1) is 18.3 Å². The maximum Gasteiger partial charge on any atom is 0.266 e. The number of aromatic hydroxyl groups is 1. The fourth-order valence-corrected chi connectivity index (χ4v) is 1.92. The average molecular weight is 256 g/mol. The van der Waals surface area contributed by atoms with E-state index in [1.54, 1.807) is 31.2 Å². The largest absolute Gasteiger partial charge is 0.504 e. The van der Waals surface area contributed by atoms with Crippen molar-refractivity contribution in [3.63, 3.8) is 0 Å². The lowest BCUT2D eigenvalue weighted by molar-refractivity contribution is 0.374. The summed E-state index contributed by atoms with van der Waals surface area (Å²) in [4.78, 5) is 14.3. The summed E-state index contributed by atoms with van der Waals surface area (Å²) in [5.41, 5.74) is 0.889. The molecule has 1 heterocycles. The first-order valence-corrected chi connectivity index (χ1v) is 5.59. The molecule has 1 aromatic heterocycles. The summed E-state index contributed by atoms with van der Waals surface area (Å²) in [5.74, 6) is 0.200. The van der Waals surface area contributed by atoms with Crippen molar-refractivity contribution < 1.29 is 9.84 Å². The van der Waals surface area contributed by atoms with Crippen molar-refractivity contribution in [2.45, 2.75) is 6.92 Å². The Kier molecular flexibility index (Phi) is 3.25. The maximum absolute atomic E-state index is 11.7. The second-order valence-electron chi connectivity index (χ2n) is 4.04. The SMILES string of the molecule is COc1cccc(-c2cc(C)[nH]c(=O)c2C#N)c1O. The van der Waals surface area contributed by atoms with Gasteiger partial charge >= 0.3 is 0 Å². The molecule has 0 amide bonds. The first kappa shape index (κ1) is 12.7. The van der Waals surface area contributed by atoms with Gasteiger partial charge in [0.05, 0.1) is 7.11 Å². The summed E-state index contributed by atoms with van der Waals surface area (Å²) in [6.07, 6.45) is 0. The second-order valence-corrected chi connectivity index (χ2v) is 4.04. The molecule has 0 unspecified atom stereocenters. The van der Waals surface area contributed by atoms with Gasteiger partial charge in [-0.2, -0.15) is 5.26 Å². The molecule has 0 aliphatic heterocycles. The van der Waals surface area contributed by atoms with Crippen LogP contribution in [0.15, 0.2) is 29.1 Å². The smallest absolute Gasteiger partial charge is 0.266 e. The maximum atomic E-state index is 11.7. The van der Waals surface area contributed by atoms with Crippen LogP contribution < -0.4 is 10.3 Å². The number of para-hydroxylation sites is 1.